The zero-order chi connectivity index (χ0) is 6.36. The second-order valence-corrected chi connectivity index (χ2v) is 2.14. The molecule has 0 saturated carbocycles. The van der Waals surface area contributed by atoms with Crippen LogP contribution in [0.1, 0.15) is 19.3 Å². The van der Waals surface area contributed by atoms with Crippen molar-refractivity contribution in [3.63, 3.8) is 0 Å². The van der Waals surface area contributed by atoms with Crippen molar-refractivity contribution in [1.29, 1.82) is 0 Å². The second kappa shape index (κ2) is 4.37. The highest BCUT2D eigenvalue weighted by molar-refractivity contribution is 5.08. The summed E-state index contributed by atoms with van der Waals surface area (Å²) >= 11 is 0. The lowest BCUT2D eigenvalue weighted by Gasteiger charge is -1.91. The van der Waals surface area contributed by atoms with Crippen LogP contribution in [-0.2, 0) is 0 Å². The summed E-state index contributed by atoms with van der Waals surface area (Å²) in [5.74, 6) is 0. The van der Waals surface area contributed by atoms with Crippen molar-refractivity contribution in [2.24, 2.45) is 0 Å². The molecule has 0 nitrogen and oxygen atoms in total. The summed E-state index contributed by atoms with van der Waals surface area (Å²) in [6.07, 6.45) is 16.5. The molecular formula is C9H12. The Bertz CT molecular complexity index is 97.2. The minimum absolute atomic E-state index is 1.19. The van der Waals surface area contributed by atoms with E-state index in [1.807, 2.05) is 0 Å². The Hall–Kier alpha value is -0.520. The molecule has 0 unspecified atom stereocenters. The van der Waals surface area contributed by atoms with Gasteiger partial charge in [-0.3, -0.25) is 0 Å². The predicted molar refractivity (Wildman–Crippen MR) is 40.7 cm³/mol. The molecule has 0 heterocycles. The van der Waals surface area contributed by atoms with E-state index < -0.39 is 0 Å². The van der Waals surface area contributed by atoms with Crippen LogP contribution >= 0.6 is 0 Å². The smallest absolute Gasteiger partial charge is 0.0133 e. The third-order valence-corrected chi connectivity index (χ3v) is 1.32. The Morgan fingerprint density at radius 1 is 0.778 bits per heavy atom. The van der Waals surface area contributed by atoms with Crippen molar-refractivity contribution in [3.05, 3.63) is 37.1 Å². The molecule has 0 aromatic heterocycles. The van der Waals surface area contributed by atoms with Gasteiger partial charge in [-0.15, -0.1) is 0 Å². The van der Waals surface area contributed by atoms with E-state index in [0.717, 1.165) is 0 Å². The maximum absolute atomic E-state index is 2.18. The second-order valence-electron chi connectivity index (χ2n) is 2.14. The first-order valence-electron chi connectivity index (χ1n) is 3.47. The molecule has 0 bridgehead atoms. The van der Waals surface area contributed by atoms with Crippen molar-refractivity contribution in [2.75, 3.05) is 0 Å². The van der Waals surface area contributed by atoms with E-state index in [-0.39, 0.29) is 0 Å². The quantitative estimate of drug-likeness (QED) is 0.461. The summed E-state index contributed by atoms with van der Waals surface area (Å²) in [7, 11) is 0. The summed E-state index contributed by atoms with van der Waals surface area (Å²) in [6, 6.07) is 0. The van der Waals surface area contributed by atoms with Gasteiger partial charge in [0.15, 0.2) is 0 Å². The van der Waals surface area contributed by atoms with Crippen LogP contribution in [0.4, 0.5) is 0 Å². The fourth-order valence-corrected chi connectivity index (χ4v) is 0.617. The topological polar surface area (TPSA) is 0 Å². The normalized spacial score (nSPS) is 20.4. The molecule has 2 rings (SSSR count). The molecule has 9 heavy (non-hydrogen) atoms. The highest BCUT2D eigenvalue weighted by atomic mass is 13.9. The molecule has 2 aliphatic carbocycles. The summed E-state index contributed by atoms with van der Waals surface area (Å²) in [6.45, 7) is 0. The Morgan fingerprint density at radius 2 is 1.33 bits per heavy atom. The van der Waals surface area contributed by atoms with Crippen molar-refractivity contribution < 1.29 is 0 Å². The Balaban J connectivity index is 0.0000000922. The summed E-state index contributed by atoms with van der Waals surface area (Å²) in [4.78, 5) is 0. The molecular weight excluding hydrogens is 108 g/mol. The van der Waals surface area contributed by atoms with Crippen LogP contribution < -0.4 is 0 Å². The van der Waals surface area contributed by atoms with E-state index in [4.69, 9.17) is 0 Å². The van der Waals surface area contributed by atoms with Gasteiger partial charge in [0.2, 0.25) is 0 Å². The summed E-state index contributed by atoms with van der Waals surface area (Å²) in [5.41, 5.74) is 0. The fourth-order valence-electron chi connectivity index (χ4n) is 0.617. The van der Waals surface area contributed by atoms with Gasteiger partial charge in [-0.25, -0.2) is 0 Å². The van der Waals surface area contributed by atoms with Crippen molar-refractivity contribution in [2.45, 2.75) is 19.3 Å². The van der Waals surface area contributed by atoms with Gasteiger partial charge in [0.25, 0.3) is 0 Å². The van der Waals surface area contributed by atoms with Crippen LogP contribution in [0.15, 0.2) is 24.3 Å². The molecule has 0 saturated heterocycles. The van der Waals surface area contributed by atoms with E-state index in [1.54, 1.807) is 0 Å². The third-order valence-electron chi connectivity index (χ3n) is 1.32. The number of allylic oxidation sites excluding steroid dienone is 4. The molecule has 2 radical (unpaired) electrons. The van der Waals surface area contributed by atoms with Gasteiger partial charge in [-0.2, -0.15) is 0 Å². The molecule has 0 spiro atoms. The van der Waals surface area contributed by atoms with Gasteiger partial charge < -0.3 is 0 Å². The van der Waals surface area contributed by atoms with Gasteiger partial charge >= 0.3 is 0 Å². The predicted octanol–water partition coefficient (Wildman–Crippen LogP) is 2.69. The molecule has 0 aromatic carbocycles. The minimum atomic E-state index is 1.19. The largest absolute Gasteiger partial charge is 0.0882 e. The first-order valence-corrected chi connectivity index (χ1v) is 3.47. The maximum Gasteiger partial charge on any atom is -0.0133 e. The van der Waals surface area contributed by atoms with Crippen LogP contribution in [0.5, 0.6) is 0 Å². The molecule has 0 N–H and O–H groups in total. The molecule has 0 heteroatoms. The van der Waals surface area contributed by atoms with Crippen molar-refractivity contribution in [3.8, 4) is 0 Å². The lowest BCUT2D eigenvalue weighted by atomic mass is 10.1. The molecule has 2 aliphatic rings. The van der Waals surface area contributed by atoms with Crippen LogP contribution in [0.25, 0.3) is 0 Å². The van der Waals surface area contributed by atoms with Gasteiger partial charge in [0.1, 0.15) is 0 Å². The minimum Gasteiger partial charge on any atom is -0.0882 e. The van der Waals surface area contributed by atoms with Gasteiger partial charge in [0.05, 0.1) is 0 Å². The number of hydrogen-bond acceptors (Lipinski definition) is 0. The van der Waals surface area contributed by atoms with Crippen molar-refractivity contribution >= 4 is 0 Å². The highest BCUT2D eigenvalue weighted by Gasteiger charge is 1.85. The lowest BCUT2D eigenvalue weighted by molar-refractivity contribution is 1.06. The Labute approximate surface area is 57.3 Å². The van der Waals surface area contributed by atoms with E-state index >= 15 is 0 Å². The van der Waals surface area contributed by atoms with E-state index in [1.165, 1.54) is 19.3 Å². The van der Waals surface area contributed by atoms with E-state index in [9.17, 15) is 0 Å². The first kappa shape index (κ1) is 6.60. The molecule has 0 aliphatic heterocycles. The average molecular weight is 120 g/mol. The lowest BCUT2D eigenvalue weighted by Crippen LogP contribution is -1.73. The molecule has 0 atom stereocenters. The molecule has 0 fully saturated rings. The Kier molecular flexibility index (Phi) is 3.20. The summed E-state index contributed by atoms with van der Waals surface area (Å²) in [5, 5.41) is 0. The molecule has 0 aromatic rings. The fraction of sp³-hybridized carbons (Fsp3) is 0.333. The first-order chi connectivity index (χ1) is 4.50. The van der Waals surface area contributed by atoms with Crippen molar-refractivity contribution in [1.82, 2.24) is 0 Å². The van der Waals surface area contributed by atoms with Gasteiger partial charge in [-0.05, 0) is 32.1 Å². The van der Waals surface area contributed by atoms with Gasteiger partial charge in [0, 0.05) is 0 Å². The maximum atomic E-state index is 2.18. The standard InChI is InChI=1S/C5H7.C4H5/c1-2-4-5-3-1;1-2-4-3-1/h1-3H,4-5H2;1-3H,4H2. The monoisotopic (exact) mass is 120 g/mol. The molecule has 0 amide bonds. The van der Waals surface area contributed by atoms with Crippen LogP contribution in [0.2, 0.25) is 0 Å². The van der Waals surface area contributed by atoms with Crippen LogP contribution in [0, 0.1) is 12.8 Å². The van der Waals surface area contributed by atoms with E-state index in [0.29, 0.717) is 0 Å². The number of rotatable bonds is 0. The summed E-state index contributed by atoms with van der Waals surface area (Å²) < 4.78 is 0. The molecule has 48 valence electrons. The zero-order valence-electron chi connectivity index (χ0n) is 5.59. The highest BCUT2D eigenvalue weighted by Crippen LogP contribution is 2.03. The number of hydrogen-bond donors (Lipinski definition) is 0. The SMILES string of the molecule is [CH]1C=CC1.[CH]1C=CCC1. The Morgan fingerprint density at radius 3 is 1.44 bits per heavy atom. The third kappa shape index (κ3) is 3.12. The van der Waals surface area contributed by atoms with Crippen LogP contribution in [-0.4, -0.2) is 0 Å². The zero-order valence-corrected chi connectivity index (χ0v) is 5.59. The van der Waals surface area contributed by atoms with Crippen LogP contribution in [0.3, 0.4) is 0 Å². The average Bonchev–Trinajstić information content (AvgIpc) is 2.07. The van der Waals surface area contributed by atoms with E-state index in [2.05, 4.69) is 37.1 Å². The van der Waals surface area contributed by atoms with Gasteiger partial charge in [-0.1, -0.05) is 24.3 Å².